The predicted octanol–water partition coefficient (Wildman–Crippen LogP) is 4.13. The number of nitrogens with one attached hydrogen (secondary N) is 1. The number of allylic oxidation sites excluding steroid dienone is 2. The number of hydrogen-bond donors (Lipinski definition) is 7. The molecule has 0 radical (unpaired) electrons. The third-order valence-corrected chi connectivity index (χ3v) is 11.3. The molecule has 316 valence electrons. The maximum Gasteiger partial charge on any atom is 0.312 e. The largest absolute Gasteiger partial charge is 0.507 e. The minimum Gasteiger partial charge on any atom is -0.507 e. The zero-order valence-corrected chi connectivity index (χ0v) is 34.3. The molecule has 0 saturated carbocycles. The standard InChI is InChI=1S/C43H51N3O13/c1-19-12-10-13-20(2)42(55)45-31-32(46-16-11-14-26(18-46)41(44)54)37(52)28-29(36(31)51)35(50)24(6)39-30(28)40(53)43(8,59-39)57-17-15-27(56-9)21(3)38(58-25(7)47)23(5)34(49)22(4)33(19)48/h10-19,21-23,27,33-34,38,48-49H,1-9H3,(H5-,44,45,50,51,52,53,54,55)/p+1/b12-10+,17-15+,20-13-. The second-order valence-corrected chi connectivity index (χ2v) is 15.4. The number of aromatic hydroxyl groups is 3. The number of pyridine rings is 1. The number of Topliss-reactive ketones (excluding diaryl/α,β-unsaturated/α-hetero) is 1. The number of methoxy groups -OCH3 is 1. The van der Waals surface area contributed by atoms with Crippen LogP contribution < -0.4 is 20.4 Å². The number of fused-ring (bicyclic) bond motifs is 14. The van der Waals surface area contributed by atoms with Gasteiger partial charge in [-0.3, -0.25) is 19.2 Å². The summed E-state index contributed by atoms with van der Waals surface area (Å²) in [6, 6.07) is 2.84. The highest BCUT2D eigenvalue weighted by molar-refractivity contribution is 6.22. The van der Waals surface area contributed by atoms with Crippen LogP contribution in [0.4, 0.5) is 5.69 Å². The van der Waals surface area contributed by atoms with Crippen molar-refractivity contribution in [3.05, 3.63) is 77.4 Å². The molecular formula is C43H52N3O13+. The van der Waals surface area contributed by atoms with Crippen LogP contribution in [0.2, 0.25) is 0 Å². The van der Waals surface area contributed by atoms with Crippen molar-refractivity contribution >= 4 is 40.0 Å². The number of anilines is 1. The van der Waals surface area contributed by atoms with Gasteiger partial charge in [-0.1, -0.05) is 45.9 Å². The Morgan fingerprint density at radius 2 is 1.63 bits per heavy atom. The number of esters is 1. The number of amides is 2. The van der Waals surface area contributed by atoms with Crippen LogP contribution in [0, 0.1) is 30.6 Å². The van der Waals surface area contributed by atoms with Crippen LogP contribution >= 0.6 is 0 Å². The van der Waals surface area contributed by atoms with Gasteiger partial charge in [0.15, 0.2) is 29.6 Å². The molecule has 3 aliphatic rings. The number of aromatic nitrogens is 1. The number of carbonyl (C=O) groups excluding carboxylic acids is 4. The molecule has 3 aliphatic heterocycles. The van der Waals surface area contributed by atoms with E-state index in [2.05, 4.69) is 5.32 Å². The van der Waals surface area contributed by atoms with Gasteiger partial charge in [0.1, 0.15) is 23.2 Å². The van der Waals surface area contributed by atoms with Crippen LogP contribution in [-0.2, 0) is 23.8 Å². The maximum absolute atomic E-state index is 14.4. The maximum atomic E-state index is 14.4. The van der Waals surface area contributed by atoms with Crippen molar-refractivity contribution in [2.75, 3.05) is 12.4 Å². The molecule has 5 bridgehead atoms. The van der Waals surface area contributed by atoms with Crippen LogP contribution in [0.1, 0.15) is 74.7 Å². The minimum absolute atomic E-state index is 0.00214. The molecule has 16 heteroatoms. The summed E-state index contributed by atoms with van der Waals surface area (Å²) in [5.74, 6) is -9.90. The number of aliphatic hydroxyl groups excluding tert-OH is 2. The van der Waals surface area contributed by atoms with Crippen molar-refractivity contribution in [1.29, 1.82) is 0 Å². The summed E-state index contributed by atoms with van der Waals surface area (Å²) in [6.45, 7) is 12.3. The van der Waals surface area contributed by atoms with E-state index in [1.165, 1.54) is 82.1 Å². The fraction of sp³-hybridized carbons (Fsp3) is 0.419. The molecule has 9 atom stereocenters. The Kier molecular flexibility index (Phi) is 12.8. The number of rotatable bonds is 4. The highest BCUT2D eigenvalue weighted by atomic mass is 16.7. The van der Waals surface area contributed by atoms with E-state index >= 15 is 0 Å². The number of carbonyl (C=O) groups is 4. The number of hydrogen-bond acceptors (Lipinski definition) is 13. The van der Waals surface area contributed by atoms with E-state index in [0.717, 1.165) is 6.26 Å². The number of phenolic OH excluding ortho intramolecular Hbond substituents is 3. The summed E-state index contributed by atoms with van der Waals surface area (Å²) in [5, 5.41) is 60.4. The zero-order valence-electron chi connectivity index (χ0n) is 34.3. The van der Waals surface area contributed by atoms with E-state index in [9.17, 15) is 44.7 Å². The lowest BCUT2D eigenvalue weighted by Crippen LogP contribution is -2.46. The van der Waals surface area contributed by atoms with Crippen LogP contribution in [0.3, 0.4) is 0 Å². The molecule has 59 heavy (non-hydrogen) atoms. The topological polar surface area (TPSA) is 248 Å². The zero-order chi connectivity index (χ0) is 43.8. The molecule has 6 rings (SSSR count). The highest BCUT2D eigenvalue weighted by Crippen LogP contribution is 2.55. The number of ether oxygens (including phenoxy) is 4. The van der Waals surface area contributed by atoms with Gasteiger partial charge in [-0.2, -0.15) is 4.57 Å². The van der Waals surface area contributed by atoms with E-state index in [1.807, 2.05) is 0 Å². The average molecular weight is 819 g/mol. The number of nitrogens with two attached hydrogens (primary N) is 1. The number of aliphatic hydroxyl groups is 2. The van der Waals surface area contributed by atoms with E-state index in [1.54, 1.807) is 33.8 Å². The fourth-order valence-corrected chi connectivity index (χ4v) is 7.72. The van der Waals surface area contributed by atoms with Gasteiger partial charge in [0, 0.05) is 61.8 Å². The summed E-state index contributed by atoms with van der Waals surface area (Å²) in [4.78, 5) is 52.8. The number of nitrogens with zero attached hydrogens (tertiary/aromatic N) is 1. The van der Waals surface area contributed by atoms with Gasteiger partial charge in [-0.05, 0) is 26.0 Å². The molecule has 9 unspecified atom stereocenters. The van der Waals surface area contributed by atoms with Gasteiger partial charge >= 0.3 is 11.8 Å². The van der Waals surface area contributed by atoms with Gasteiger partial charge in [0.05, 0.1) is 40.9 Å². The second-order valence-electron chi connectivity index (χ2n) is 15.4. The smallest absolute Gasteiger partial charge is 0.312 e. The van der Waals surface area contributed by atoms with Crippen molar-refractivity contribution in [1.82, 2.24) is 0 Å². The molecule has 3 aromatic rings. The summed E-state index contributed by atoms with van der Waals surface area (Å²) >= 11 is 0. The molecule has 16 nitrogen and oxygen atoms in total. The number of primary amides is 1. The molecule has 2 aromatic carbocycles. The Morgan fingerprint density at radius 1 is 0.949 bits per heavy atom. The van der Waals surface area contributed by atoms with E-state index in [-0.39, 0.29) is 39.1 Å². The van der Waals surface area contributed by atoms with Crippen LogP contribution in [0.15, 0.2) is 60.7 Å². The Bertz CT molecular complexity index is 2280. The van der Waals surface area contributed by atoms with Crippen molar-refractivity contribution in [3.8, 4) is 28.7 Å². The number of phenols is 3. The lowest BCUT2D eigenvalue weighted by molar-refractivity contribution is -0.595. The molecule has 0 saturated heterocycles. The van der Waals surface area contributed by atoms with E-state index in [4.69, 9.17) is 24.7 Å². The monoisotopic (exact) mass is 818 g/mol. The van der Waals surface area contributed by atoms with Gasteiger partial charge in [0.25, 0.3) is 23.3 Å². The lowest BCUT2D eigenvalue weighted by Gasteiger charge is -2.38. The van der Waals surface area contributed by atoms with Crippen LogP contribution in [-0.4, -0.2) is 86.4 Å². The first-order valence-electron chi connectivity index (χ1n) is 19.1. The third-order valence-electron chi connectivity index (χ3n) is 11.3. The van der Waals surface area contributed by atoms with E-state index < -0.39 is 106 Å². The van der Waals surface area contributed by atoms with Gasteiger partial charge in [0.2, 0.25) is 0 Å². The Morgan fingerprint density at radius 3 is 2.25 bits per heavy atom. The first kappa shape index (κ1) is 44.1. The van der Waals surface area contributed by atoms with Crippen molar-refractivity contribution < 1.29 is 68.2 Å². The molecular weight excluding hydrogens is 766 g/mol. The number of benzene rings is 2. The molecule has 2 amide bonds. The molecule has 0 spiro atoms. The van der Waals surface area contributed by atoms with Gasteiger partial charge in [-0.15, -0.1) is 0 Å². The summed E-state index contributed by atoms with van der Waals surface area (Å²) in [6.07, 6.45) is 5.89. The molecule has 4 heterocycles. The molecule has 1 aromatic heterocycles. The molecule has 0 fully saturated rings. The summed E-state index contributed by atoms with van der Waals surface area (Å²) in [5.41, 5.74) is 4.69. The normalized spacial score (nSPS) is 29.8. The van der Waals surface area contributed by atoms with Crippen molar-refractivity contribution in [2.45, 2.75) is 85.6 Å². The van der Waals surface area contributed by atoms with Gasteiger partial charge in [-0.25, -0.2) is 0 Å². The first-order chi connectivity index (χ1) is 27.7. The number of ketones is 1. The highest BCUT2D eigenvalue weighted by Gasteiger charge is 2.50. The van der Waals surface area contributed by atoms with Crippen molar-refractivity contribution in [2.24, 2.45) is 29.4 Å². The second kappa shape index (κ2) is 17.1. The van der Waals surface area contributed by atoms with Crippen molar-refractivity contribution in [3.63, 3.8) is 0 Å². The first-order valence-corrected chi connectivity index (χ1v) is 19.1. The third kappa shape index (κ3) is 8.20. The van der Waals surface area contributed by atoms with Gasteiger partial charge < -0.3 is 55.5 Å². The lowest BCUT2D eigenvalue weighted by atomic mass is 9.78. The molecule has 8 N–H and O–H groups in total. The SMILES string of the molecule is COC1/C=C/OC2(C)Oc3c(C)c(O)c4c(O)c(c(-[n+]5cccc(C(N)=O)c5)c(O)c4c3C2=O)NC(=O)/C(C)=C\C=C\C(C)C(O)C(C)C(O)C(C)C(OC(C)=O)C1C. The van der Waals surface area contributed by atoms with E-state index in [0.29, 0.717) is 0 Å². The minimum atomic E-state index is -2.11. The van der Waals surface area contributed by atoms with Crippen LogP contribution in [0.25, 0.3) is 16.5 Å². The summed E-state index contributed by atoms with van der Waals surface area (Å²) < 4.78 is 24.7. The predicted molar refractivity (Wildman–Crippen MR) is 214 cm³/mol. The Labute approximate surface area is 341 Å². The quantitative estimate of drug-likeness (QED) is 0.0848. The Balaban J connectivity index is 1.77. The Hall–Kier alpha value is -5.97. The fourth-order valence-electron chi connectivity index (χ4n) is 7.72. The van der Waals surface area contributed by atoms with Crippen LogP contribution in [0.5, 0.6) is 23.0 Å². The molecule has 0 aliphatic carbocycles. The summed E-state index contributed by atoms with van der Waals surface area (Å²) in [7, 11) is 1.41. The average Bonchev–Trinajstić information content (AvgIpc) is 3.46.